The van der Waals surface area contributed by atoms with E-state index in [-0.39, 0.29) is 11.8 Å². The number of rotatable bonds is 12. The van der Waals surface area contributed by atoms with Crippen molar-refractivity contribution < 1.29 is 8.42 Å². The molecular formula is C17H33NO2S3. The van der Waals surface area contributed by atoms with Crippen LogP contribution in [-0.4, -0.2) is 36.0 Å². The van der Waals surface area contributed by atoms with Gasteiger partial charge >= 0.3 is 0 Å². The van der Waals surface area contributed by atoms with Crippen molar-refractivity contribution in [3.05, 3.63) is 0 Å². The molecule has 0 aromatic heterocycles. The average molecular weight is 380 g/mol. The highest BCUT2D eigenvalue weighted by Gasteiger charge is 2.28. The van der Waals surface area contributed by atoms with Gasteiger partial charge in [0.2, 0.25) is 0 Å². The highest BCUT2D eigenvalue weighted by molar-refractivity contribution is 8.22. The summed E-state index contributed by atoms with van der Waals surface area (Å²) in [6.45, 7) is 2.26. The summed E-state index contributed by atoms with van der Waals surface area (Å²) >= 11 is 6.96. The number of thiocarbonyl (C=S) groups is 1. The van der Waals surface area contributed by atoms with Gasteiger partial charge in [0, 0.05) is 11.8 Å². The lowest BCUT2D eigenvalue weighted by atomic mass is 10.1. The van der Waals surface area contributed by atoms with Gasteiger partial charge in [-0.2, -0.15) is 0 Å². The molecule has 0 bridgehead atoms. The minimum absolute atomic E-state index is 0.0349. The van der Waals surface area contributed by atoms with Crippen LogP contribution in [0.5, 0.6) is 0 Å². The van der Waals surface area contributed by atoms with Crippen molar-refractivity contribution in [1.29, 1.82) is 0 Å². The second-order valence-corrected chi connectivity index (χ2v) is 10.6. The fourth-order valence-electron chi connectivity index (χ4n) is 2.87. The van der Waals surface area contributed by atoms with E-state index in [1.54, 1.807) is 11.8 Å². The summed E-state index contributed by atoms with van der Waals surface area (Å²) in [6.07, 6.45) is 14.2. The van der Waals surface area contributed by atoms with E-state index in [4.69, 9.17) is 12.2 Å². The normalized spacial score (nSPS) is 19.8. The zero-order valence-electron chi connectivity index (χ0n) is 14.5. The van der Waals surface area contributed by atoms with Gasteiger partial charge in [-0.1, -0.05) is 88.7 Å². The lowest BCUT2D eigenvalue weighted by molar-refractivity contribution is 0.563. The Morgan fingerprint density at radius 2 is 1.61 bits per heavy atom. The summed E-state index contributed by atoms with van der Waals surface area (Å²) < 4.78 is 23.5. The van der Waals surface area contributed by atoms with E-state index in [0.717, 1.165) is 10.1 Å². The van der Waals surface area contributed by atoms with Crippen LogP contribution in [0.1, 0.15) is 77.6 Å². The van der Waals surface area contributed by atoms with Gasteiger partial charge in [-0.15, -0.1) is 0 Å². The van der Waals surface area contributed by atoms with Crippen LogP contribution < -0.4 is 5.32 Å². The first kappa shape index (κ1) is 21.2. The summed E-state index contributed by atoms with van der Waals surface area (Å²) in [7, 11) is -2.82. The highest BCUT2D eigenvalue weighted by Crippen LogP contribution is 2.15. The number of nitrogens with one attached hydrogen (secondary N) is 1. The molecule has 1 fully saturated rings. The van der Waals surface area contributed by atoms with Crippen molar-refractivity contribution in [2.75, 3.05) is 17.3 Å². The van der Waals surface area contributed by atoms with Crippen molar-refractivity contribution in [1.82, 2.24) is 5.32 Å². The van der Waals surface area contributed by atoms with Gasteiger partial charge in [0.1, 0.15) is 4.32 Å². The third-order valence-electron chi connectivity index (χ3n) is 4.29. The first-order valence-electron chi connectivity index (χ1n) is 9.17. The van der Waals surface area contributed by atoms with Crippen molar-refractivity contribution in [3.8, 4) is 0 Å². The molecule has 0 radical (unpaired) electrons. The minimum Gasteiger partial charge on any atom is -0.367 e. The van der Waals surface area contributed by atoms with Gasteiger partial charge in [-0.3, -0.25) is 0 Å². The van der Waals surface area contributed by atoms with Crippen LogP contribution in [-0.2, 0) is 9.84 Å². The Bertz CT molecular complexity index is 424. The maximum Gasteiger partial charge on any atom is 0.152 e. The van der Waals surface area contributed by atoms with E-state index in [2.05, 4.69) is 12.2 Å². The SMILES string of the molecule is CCCCCCCCCCCCSC(=S)NC1CCS(=O)(=O)C1. The van der Waals surface area contributed by atoms with Crippen molar-refractivity contribution in [2.24, 2.45) is 0 Å². The molecule has 1 atom stereocenters. The van der Waals surface area contributed by atoms with Gasteiger partial charge in [0.25, 0.3) is 0 Å². The van der Waals surface area contributed by atoms with Crippen LogP contribution in [0.25, 0.3) is 0 Å². The summed E-state index contributed by atoms with van der Waals surface area (Å²) in [5, 5.41) is 3.19. The number of unbranched alkanes of at least 4 members (excludes halogenated alkanes) is 9. The van der Waals surface area contributed by atoms with E-state index in [1.165, 1.54) is 64.2 Å². The topological polar surface area (TPSA) is 46.2 Å². The van der Waals surface area contributed by atoms with Crippen LogP contribution in [0.3, 0.4) is 0 Å². The van der Waals surface area contributed by atoms with Crippen molar-refractivity contribution >= 4 is 38.1 Å². The van der Waals surface area contributed by atoms with E-state index in [0.29, 0.717) is 12.2 Å². The molecule has 6 heteroatoms. The molecule has 23 heavy (non-hydrogen) atoms. The van der Waals surface area contributed by atoms with Crippen LogP contribution >= 0.6 is 24.0 Å². The largest absolute Gasteiger partial charge is 0.367 e. The summed E-state index contributed by atoms with van der Waals surface area (Å²) in [5.74, 6) is 1.59. The Morgan fingerprint density at radius 3 is 2.13 bits per heavy atom. The number of thioether (sulfide) groups is 1. The molecule has 0 aromatic rings. The molecule has 1 N–H and O–H groups in total. The number of sulfone groups is 1. The lowest BCUT2D eigenvalue weighted by Crippen LogP contribution is -2.32. The molecule has 0 aliphatic carbocycles. The molecule has 0 amide bonds. The molecule has 1 saturated heterocycles. The molecule has 1 rings (SSSR count). The van der Waals surface area contributed by atoms with E-state index < -0.39 is 9.84 Å². The fraction of sp³-hybridized carbons (Fsp3) is 0.941. The van der Waals surface area contributed by atoms with Crippen molar-refractivity contribution in [2.45, 2.75) is 83.6 Å². The third-order valence-corrected chi connectivity index (χ3v) is 7.40. The summed E-state index contributed by atoms with van der Waals surface area (Å²) in [5.41, 5.74) is 0. The molecule has 1 heterocycles. The van der Waals surface area contributed by atoms with E-state index >= 15 is 0 Å². The van der Waals surface area contributed by atoms with Gasteiger partial charge in [0.15, 0.2) is 9.84 Å². The van der Waals surface area contributed by atoms with Gasteiger partial charge < -0.3 is 5.32 Å². The van der Waals surface area contributed by atoms with E-state index in [1.807, 2.05) is 0 Å². The first-order chi connectivity index (χ1) is 11.0. The van der Waals surface area contributed by atoms with Gasteiger partial charge in [0.05, 0.1) is 11.5 Å². The Hall–Kier alpha value is 0.190. The zero-order valence-corrected chi connectivity index (χ0v) is 17.0. The molecule has 3 nitrogen and oxygen atoms in total. The van der Waals surface area contributed by atoms with E-state index in [9.17, 15) is 8.42 Å². The Balaban J connectivity index is 1.86. The predicted molar refractivity (Wildman–Crippen MR) is 107 cm³/mol. The summed E-state index contributed by atoms with van der Waals surface area (Å²) in [4.78, 5) is 0. The molecule has 1 unspecified atom stereocenters. The van der Waals surface area contributed by atoms with Gasteiger partial charge in [-0.25, -0.2) is 8.42 Å². The second-order valence-electron chi connectivity index (χ2n) is 6.56. The third kappa shape index (κ3) is 11.4. The van der Waals surface area contributed by atoms with Crippen LogP contribution in [0, 0.1) is 0 Å². The van der Waals surface area contributed by atoms with Crippen LogP contribution in [0.4, 0.5) is 0 Å². The second kappa shape index (κ2) is 12.5. The smallest absolute Gasteiger partial charge is 0.152 e. The monoisotopic (exact) mass is 379 g/mol. The Morgan fingerprint density at radius 1 is 1.04 bits per heavy atom. The quantitative estimate of drug-likeness (QED) is 0.393. The van der Waals surface area contributed by atoms with Crippen molar-refractivity contribution in [3.63, 3.8) is 0 Å². The lowest BCUT2D eigenvalue weighted by Gasteiger charge is -2.12. The molecule has 1 aliphatic heterocycles. The Kier molecular flexibility index (Phi) is 11.6. The maximum absolute atomic E-state index is 11.4. The maximum atomic E-state index is 11.4. The predicted octanol–water partition coefficient (Wildman–Crippen LogP) is 4.70. The molecule has 1 aliphatic rings. The molecule has 136 valence electrons. The number of hydrogen-bond donors (Lipinski definition) is 1. The molecule has 0 aromatic carbocycles. The molecular weight excluding hydrogens is 346 g/mol. The minimum atomic E-state index is -2.82. The van der Waals surface area contributed by atoms with Crippen LogP contribution in [0.2, 0.25) is 0 Å². The molecule has 0 saturated carbocycles. The number of hydrogen-bond acceptors (Lipinski definition) is 4. The summed E-state index contributed by atoms with van der Waals surface area (Å²) in [6, 6.07) is 0.0349. The fourth-order valence-corrected chi connectivity index (χ4v) is 5.75. The Labute approximate surface area is 152 Å². The van der Waals surface area contributed by atoms with Gasteiger partial charge in [-0.05, 0) is 12.8 Å². The zero-order chi connectivity index (χ0) is 17.0. The molecule has 0 spiro atoms. The highest BCUT2D eigenvalue weighted by atomic mass is 32.2. The average Bonchev–Trinajstić information content (AvgIpc) is 2.83. The standard InChI is InChI=1S/C17H33NO2S3/c1-2-3-4-5-6-7-8-9-10-11-13-22-17(21)18-16-12-14-23(19,20)15-16/h16H,2-15H2,1H3,(H,18,21). The first-order valence-corrected chi connectivity index (χ1v) is 12.4. The van der Waals surface area contributed by atoms with Crippen LogP contribution in [0.15, 0.2) is 0 Å².